The number of aryl methyl sites for hydroxylation is 2. The van der Waals surface area contributed by atoms with Gasteiger partial charge in [0.2, 0.25) is 5.91 Å². The molecule has 0 spiro atoms. The molecule has 0 aliphatic carbocycles. The van der Waals surface area contributed by atoms with E-state index in [9.17, 15) is 14.7 Å². The third kappa shape index (κ3) is 4.06. The second kappa shape index (κ2) is 8.24. The number of pyridine rings is 1. The van der Waals surface area contributed by atoms with Crippen molar-refractivity contribution in [3.8, 4) is 0 Å². The minimum atomic E-state index is -0.277. The molecule has 0 saturated carbocycles. The minimum absolute atomic E-state index is 0.101. The van der Waals surface area contributed by atoms with Gasteiger partial charge in [-0.15, -0.1) is 0 Å². The van der Waals surface area contributed by atoms with Crippen molar-refractivity contribution < 1.29 is 9.90 Å². The lowest BCUT2D eigenvalue weighted by molar-refractivity contribution is -0.133. The third-order valence-corrected chi connectivity index (χ3v) is 7.19. The van der Waals surface area contributed by atoms with Gasteiger partial charge in [-0.2, -0.15) is 5.10 Å². The summed E-state index contributed by atoms with van der Waals surface area (Å²) in [5, 5.41) is 13.9. The van der Waals surface area contributed by atoms with Crippen LogP contribution in [0.3, 0.4) is 0 Å². The van der Waals surface area contributed by atoms with Crippen LogP contribution in [0.5, 0.6) is 0 Å². The van der Waals surface area contributed by atoms with Crippen molar-refractivity contribution in [3.63, 3.8) is 0 Å². The highest BCUT2D eigenvalue weighted by Crippen LogP contribution is 2.35. The molecule has 0 unspecified atom stereocenters. The lowest BCUT2D eigenvalue weighted by Gasteiger charge is -2.43. The van der Waals surface area contributed by atoms with Crippen LogP contribution in [0.2, 0.25) is 0 Å². The Labute approximate surface area is 182 Å². The van der Waals surface area contributed by atoms with Crippen molar-refractivity contribution >= 4 is 5.91 Å². The summed E-state index contributed by atoms with van der Waals surface area (Å²) in [6.07, 6.45) is 4.50. The monoisotopic (exact) mass is 425 g/mol. The van der Waals surface area contributed by atoms with E-state index >= 15 is 0 Å². The number of aromatic nitrogens is 3. The lowest BCUT2D eigenvalue weighted by atomic mass is 9.82. The molecule has 3 aliphatic rings. The van der Waals surface area contributed by atoms with Crippen LogP contribution in [0, 0.1) is 5.92 Å². The minimum Gasteiger partial charge on any atom is -0.392 e. The average molecular weight is 426 g/mol. The van der Waals surface area contributed by atoms with Gasteiger partial charge in [0.1, 0.15) is 0 Å². The summed E-state index contributed by atoms with van der Waals surface area (Å²) in [6, 6.07) is 6.01. The summed E-state index contributed by atoms with van der Waals surface area (Å²) < 4.78 is 3.78. The van der Waals surface area contributed by atoms with Gasteiger partial charge in [-0.25, -0.2) is 0 Å². The molecule has 5 heterocycles. The molecule has 3 atom stereocenters. The largest absolute Gasteiger partial charge is 0.392 e. The Morgan fingerprint density at radius 2 is 2.06 bits per heavy atom. The molecular formula is C23H31N5O3. The predicted molar refractivity (Wildman–Crippen MR) is 116 cm³/mol. The summed E-state index contributed by atoms with van der Waals surface area (Å²) in [5.74, 6) is 0.743. The molecule has 8 heteroatoms. The Morgan fingerprint density at radius 3 is 2.81 bits per heavy atom. The van der Waals surface area contributed by atoms with E-state index in [0.29, 0.717) is 44.9 Å². The maximum Gasteiger partial charge on any atom is 0.255 e. The second-order valence-electron chi connectivity index (χ2n) is 9.42. The van der Waals surface area contributed by atoms with Gasteiger partial charge in [0, 0.05) is 81.8 Å². The Morgan fingerprint density at radius 1 is 1.19 bits per heavy atom. The van der Waals surface area contributed by atoms with Gasteiger partial charge in [-0.1, -0.05) is 6.07 Å². The SMILES string of the molecule is Cn1nccc1CCC(=O)N1C[C@@H]2C[C@H](C1)c1ccc(CN3CC[C@H](O)C3)c(=O)n1C2. The topological polar surface area (TPSA) is 83.6 Å². The van der Waals surface area contributed by atoms with Gasteiger partial charge in [0.15, 0.2) is 0 Å². The molecule has 2 aromatic heterocycles. The maximum atomic E-state index is 13.2. The molecule has 3 aliphatic heterocycles. The number of nitrogens with zero attached hydrogens (tertiary/aromatic N) is 5. The van der Waals surface area contributed by atoms with Crippen molar-refractivity contribution in [2.45, 2.75) is 50.8 Å². The summed E-state index contributed by atoms with van der Waals surface area (Å²) in [6.45, 7) is 4.19. The zero-order valence-corrected chi connectivity index (χ0v) is 18.1. The molecule has 2 aromatic rings. The van der Waals surface area contributed by atoms with Gasteiger partial charge in [0.05, 0.1) is 6.10 Å². The van der Waals surface area contributed by atoms with E-state index in [1.165, 1.54) is 0 Å². The number of fused-ring (bicyclic) bond motifs is 4. The second-order valence-corrected chi connectivity index (χ2v) is 9.42. The molecule has 31 heavy (non-hydrogen) atoms. The van der Waals surface area contributed by atoms with E-state index in [4.69, 9.17) is 0 Å². The van der Waals surface area contributed by atoms with E-state index in [0.717, 1.165) is 42.9 Å². The van der Waals surface area contributed by atoms with Crippen LogP contribution in [-0.2, 0) is 31.4 Å². The zero-order chi connectivity index (χ0) is 21.5. The Bertz CT molecular complexity index is 1030. The number of rotatable bonds is 5. The zero-order valence-electron chi connectivity index (χ0n) is 18.1. The van der Waals surface area contributed by atoms with Gasteiger partial charge < -0.3 is 14.6 Å². The number of hydrogen-bond donors (Lipinski definition) is 1. The van der Waals surface area contributed by atoms with E-state index in [-0.39, 0.29) is 23.5 Å². The van der Waals surface area contributed by atoms with Crippen LogP contribution in [0.1, 0.15) is 42.1 Å². The first-order valence-corrected chi connectivity index (χ1v) is 11.4. The van der Waals surface area contributed by atoms with Crippen LogP contribution in [0.15, 0.2) is 29.2 Å². The Hall–Kier alpha value is -2.45. The molecule has 5 rings (SSSR count). The fraction of sp³-hybridized carbons (Fsp3) is 0.609. The highest BCUT2D eigenvalue weighted by Gasteiger charge is 2.36. The molecule has 2 fully saturated rings. The summed E-state index contributed by atoms with van der Waals surface area (Å²) in [7, 11) is 1.90. The first kappa shape index (κ1) is 20.5. The number of aliphatic hydroxyl groups is 1. The van der Waals surface area contributed by atoms with E-state index in [1.807, 2.05) is 33.3 Å². The fourth-order valence-corrected chi connectivity index (χ4v) is 5.55. The molecule has 2 saturated heterocycles. The third-order valence-electron chi connectivity index (χ3n) is 7.19. The molecule has 1 amide bonds. The molecule has 1 N–H and O–H groups in total. The van der Waals surface area contributed by atoms with Gasteiger partial charge in [-0.3, -0.25) is 19.2 Å². The number of hydrogen-bond acceptors (Lipinski definition) is 5. The van der Waals surface area contributed by atoms with Crippen LogP contribution in [0.25, 0.3) is 0 Å². The predicted octanol–water partition coefficient (Wildman–Crippen LogP) is 0.727. The summed E-state index contributed by atoms with van der Waals surface area (Å²) in [4.78, 5) is 30.2. The number of piperidine rings is 1. The standard InChI is InChI=1S/C23H31N5O3/c1-25-19(6-8-24-25)3-5-22(30)27-11-16-10-18(14-27)21-4-2-17(23(31)28(21)12-16)13-26-9-7-20(29)15-26/h2,4,6,8,16,18,20,29H,3,5,7,9-15H2,1H3/t16-,18+,20-/m0/s1. The molecule has 0 radical (unpaired) electrons. The summed E-state index contributed by atoms with van der Waals surface area (Å²) in [5.41, 5.74) is 3.04. The first-order chi connectivity index (χ1) is 15.0. The number of amides is 1. The van der Waals surface area contributed by atoms with Crippen molar-refractivity contribution in [2.24, 2.45) is 13.0 Å². The average Bonchev–Trinajstić information content (AvgIpc) is 3.36. The molecule has 8 nitrogen and oxygen atoms in total. The number of carbonyl (C=O) groups is 1. The van der Waals surface area contributed by atoms with Gasteiger partial charge in [0.25, 0.3) is 5.56 Å². The number of likely N-dealkylation sites (tertiary alicyclic amines) is 2. The number of β-amino-alcohol motifs (C(OH)–C–C–N with tert-alkyl or cyclic N) is 1. The smallest absolute Gasteiger partial charge is 0.255 e. The number of carbonyl (C=O) groups excluding carboxylic acids is 1. The lowest BCUT2D eigenvalue weighted by Crippen LogP contribution is -2.49. The van der Waals surface area contributed by atoms with Crippen LogP contribution >= 0.6 is 0 Å². The van der Waals surface area contributed by atoms with Crippen molar-refractivity contribution in [2.75, 3.05) is 26.2 Å². The maximum absolute atomic E-state index is 13.2. The summed E-state index contributed by atoms with van der Waals surface area (Å²) >= 11 is 0. The highest BCUT2D eigenvalue weighted by molar-refractivity contribution is 5.76. The van der Waals surface area contributed by atoms with Crippen molar-refractivity contribution in [1.82, 2.24) is 24.1 Å². The van der Waals surface area contributed by atoms with E-state index in [1.54, 1.807) is 6.20 Å². The Balaban J connectivity index is 1.28. The van der Waals surface area contributed by atoms with Crippen LogP contribution in [-0.4, -0.2) is 67.4 Å². The van der Waals surface area contributed by atoms with Crippen LogP contribution < -0.4 is 5.56 Å². The normalized spacial score (nSPS) is 25.6. The number of aliphatic hydroxyl groups excluding tert-OH is 1. The quantitative estimate of drug-likeness (QED) is 0.764. The van der Waals surface area contributed by atoms with Crippen LogP contribution in [0.4, 0.5) is 0 Å². The van der Waals surface area contributed by atoms with E-state index in [2.05, 4.69) is 16.1 Å². The van der Waals surface area contributed by atoms with E-state index < -0.39 is 0 Å². The fourth-order valence-electron chi connectivity index (χ4n) is 5.55. The van der Waals surface area contributed by atoms with Gasteiger partial charge in [-0.05, 0) is 37.3 Å². The van der Waals surface area contributed by atoms with Crippen molar-refractivity contribution in [1.29, 1.82) is 0 Å². The molecule has 0 aromatic carbocycles. The Kier molecular flexibility index (Phi) is 5.44. The molecular weight excluding hydrogens is 394 g/mol. The molecule has 166 valence electrons. The molecule has 2 bridgehead atoms. The van der Waals surface area contributed by atoms with Gasteiger partial charge >= 0.3 is 0 Å². The first-order valence-electron chi connectivity index (χ1n) is 11.4. The highest BCUT2D eigenvalue weighted by atomic mass is 16.3. The van der Waals surface area contributed by atoms with Crippen molar-refractivity contribution in [3.05, 3.63) is 51.7 Å².